The summed E-state index contributed by atoms with van der Waals surface area (Å²) in [4.78, 5) is 0. The van der Waals surface area contributed by atoms with Crippen molar-refractivity contribution in [2.24, 2.45) is 0 Å². The molecular formula is C4H12N2S2. The highest BCUT2D eigenvalue weighted by molar-refractivity contribution is 8.67. The smallest absolute Gasteiger partial charge is 0.00784 e. The molecule has 4 heteroatoms. The molecule has 0 bridgehead atoms. The maximum atomic E-state index is 3.91. The maximum absolute atomic E-state index is 3.91. The van der Waals surface area contributed by atoms with E-state index in [1.165, 1.54) is 11.0 Å². The summed E-state index contributed by atoms with van der Waals surface area (Å²) < 4.78 is 3.02. The topological polar surface area (TPSA) is 24.1 Å². The van der Waals surface area contributed by atoms with E-state index in [-0.39, 0.29) is 0 Å². The van der Waals surface area contributed by atoms with Crippen molar-refractivity contribution in [3.63, 3.8) is 0 Å². The first-order valence-corrected chi connectivity index (χ1v) is 4.46. The lowest BCUT2D eigenvalue weighted by Crippen LogP contribution is -2.13. The first-order valence-electron chi connectivity index (χ1n) is 2.59. The van der Waals surface area contributed by atoms with Crippen molar-refractivity contribution in [2.45, 2.75) is 6.42 Å². The molecule has 0 unspecified atom stereocenters. The van der Waals surface area contributed by atoms with Crippen LogP contribution < -0.4 is 10.0 Å². The first-order chi connectivity index (χ1) is 3.91. The van der Waals surface area contributed by atoms with Gasteiger partial charge in [0.2, 0.25) is 0 Å². The largest absolute Gasteiger partial charge is 0.320 e. The van der Waals surface area contributed by atoms with Gasteiger partial charge in [-0.15, -0.1) is 0 Å². The molecule has 2 N–H and O–H groups in total. The van der Waals surface area contributed by atoms with Crippen molar-refractivity contribution in [1.82, 2.24) is 10.0 Å². The number of hydrogen-bond acceptors (Lipinski definition) is 4. The van der Waals surface area contributed by atoms with Crippen molar-refractivity contribution >= 4 is 22.6 Å². The van der Waals surface area contributed by atoms with Gasteiger partial charge in [-0.05, 0) is 31.0 Å². The fourth-order valence-corrected chi connectivity index (χ4v) is 0.892. The average Bonchev–Trinajstić information content (AvgIpc) is 1.81. The summed E-state index contributed by atoms with van der Waals surface area (Å²) in [5, 5.41) is 3.05. The van der Waals surface area contributed by atoms with Crippen LogP contribution in [0.4, 0.5) is 0 Å². The van der Waals surface area contributed by atoms with E-state index in [9.17, 15) is 0 Å². The van der Waals surface area contributed by atoms with Crippen molar-refractivity contribution in [1.29, 1.82) is 0 Å². The maximum Gasteiger partial charge on any atom is 0.00784 e. The predicted octanol–water partition coefficient (Wildman–Crippen LogP) is 0.678. The third-order valence-electron chi connectivity index (χ3n) is 0.770. The average molecular weight is 152 g/mol. The molecule has 50 valence electrons. The molecule has 0 aromatic heterocycles. The Balaban J connectivity index is 2.53. The van der Waals surface area contributed by atoms with Gasteiger partial charge in [0.1, 0.15) is 0 Å². The quantitative estimate of drug-likeness (QED) is 0.234. The fourth-order valence-electron chi connectivity index (χ4n) is 0.383. The molecule has 0 amide bonds. The van der Waals surface area contributed by atoms with E-state index >= 15 is 0 Å². The Labute approximate surface area is 59.7 Å². The molecule has 0 aliphatic heterocycles. The standard InChI is InChI=1S/C4H12N2S2/c1-5-3-2-4-6-8-7/h5-7H,2-4H2,1H3. The van der Waals surface area contributed by atoms with E-state index in [0.717, 1.165) is 19.5 Å². The van der Waals surface area contributed by atoms with Crippen LogP contribution in [0, 0.1) is 0 Å². The van der Waals surface area contributed by atoms with Crippen LogP contribution in [0.1, 0.15) is 6.42 Å². The summed E-state index contributed by atoms with van der Waals surface area (Å²) in [5.74, 6) is 0. The monoisotopic (exact) mass is 152 g/mol. The van der Waals surface area contributed by atoms with E-state index in [1.54, 1.807) is 0 Å². The third kappa shape index (κ3) is 6.62. The molecule has 8 heavy (non-hydrogen) atoms. The summed E-state index contributed by atoms with van der Waals surface area (Å²) in [6, 6.07) is 0. The van der Waals surface area contributed by atoms with Crippen molar-refractivity contribution < 1.29 is 0 Å². The Bertz CT molecular complexity index is 37.0. The normalized spacial score (nSPS) is 9.75. The molecule has 0 spiro atoms. The summed E-state index contributed by atoms with van der Waals surface area (Å²) in [6.45, 7) is 2.09. The minimum atomic E-state index is 1.02. The lowest BCUT2D eigenvalue weighted by Gasteiger charge is -1.97. The van der Waals surface area contributed by atoms with Crippen molar-refractivity contribution in [3.05, 3.63) is 0 Å². The van der Waals surface area contributed by atoms with Gasteiger partial charge in [0.15, 0.2) is 0 Å². The molecule has 0 aliphatic rings. The summed E-state index contributed by atoms with van der Waals surface area (Å²) in [5.41, 5.74) is 0. The molecule has 0 radical (unpaired) electrons. The second kappa shape index (κ2) is 7.62. The summed E-state index contributed by atoms with van der Waals surface area (Å²) in [6.07, 6.45) is 1.16. The second-order valence-electron chi connectivity index (χ2n) is 1.44. The van der Waals surface area contributed by atoms with Gasteiger partial charge in [-0.1, -0.05) is 11.7 Å². The zero-order chi connectivity index (χ0) is 6.24. The van der Waals surface area contributed by atoms with Crippen LogP contribution in [0.3, 0.4) is 0 Å². The van der Waals surface area contributed by atoms with E-state index < -0.39 is 0 Å². The van der Waals surface area contributed by atoms with Crippen molar-refractivity contribution in [3.8, 4) is 0 Å². The van der Waals surface area contributed by atoms with E-state index in [4.69, 9.17) is 0 Å². The second-order valence-corrected chi connectivity index (χ2v) is 2.46. The van der Waals surface area contributed by atoms with Crippen LogP contribution in [-0.2, 0) is 0 Å². The van der Waals surface area contributed by atoms with Crippen LogP contribution in [-0.4, -0.2) is 20.1 Å². The first kappa shape index (κ1) is 8.62. The Kier molecular flexibility index (Phi) is 8.21. The van der Waals surface area contributed by atoms with Crippen LogP contribution in [0.5, 0.6) is 0 Å². The Morgan fingerprint density at radius 2 is 2.25 bits per heavy atom. The van der Waals surface area contributed by atoms with Gasteiger partial charge in [0, 0.05) is 6.54 Å². The molecule has 0 fully saturated rings. The van der Waals surface area contributed by atoms with E-state index in [1.807, 2.05) is 7.05 Å². The molecule has 0 saturated heterocycles. The van der Waals surface area contributed by atoms with Crippen molar-refractivity contribution in [2.75, 3.05) is 20.1 Å². The highest BCUT2D eigenvalue weighted by Crippen LogP contribution is 1.95. The van der Waals surface area contributed by atoms with Crippen LogP contribution in [0.2, 0.25) is 0 Å². The van der Waals surface area contributed by atoms with Crippen LogP contribution >= 0.6 is 22.6 Å². The van der Waals surface area contributed by atoms with E-state index in [2.05, 4.69) is 21.7 Å². The van der Waals surface area contributed by atoms with Gasteiger partial charge in [-0.3, -0.25) is 4.72 Å². The Hall–Kier alpha value is 0.620. The van der Waals surface area contributed by atoms with Gasteiger partial charge < -0.3 is 5.32 Å². The molecule has 0 atom stereocenters. The van der Waals surface area contributed by atoms with Crippen LogP contribution in [0.25, 0.3) is 0 Å². The highest BCUT2D eigenvalue weighted by Gasteiger charge is 1.81. The zero-order valence-corrected chi connectivity index (χ0v) is 6.69. The number of rotatable bonds is 5. The fraction of sp³-hybridized carbons (Fsp3) is 1.00. The van der Waals surface area contributed by atoms with Gasteiger partial charge in [-0.2, -0.15) is 0 Å². The molecular weight excluding hydrogens is 140 g/mol. The molecule has 0 saturated carbocycles. The number of thiol groups is 1. The summed E-state index contributed by atoms with van der Waals surface area (Å²) >= 11 is 3.91. The molecule has 0 rings (SSSR count). The molecule has 0 aromatic rings. The van der Waals surface area contributed by atoms with E-state index in [0.29, 0.717) is 0 Å². The lowest BCUT2D eigenvalue weighted by atomic mass is 10.4. The predicted molar refractivity (Wildman–Crippen MR) is 43.1 cm³/mol. The Morgan fingerprint density at radius 1 is 1.50 bits per heavy atom. The van der Waals surface area contributed by atoms with Crippen LogP contribution in [0.15, 0.2) is 0 Å². The third-order valence-corrected chi connectivity index (χ3v) is 1.49. The molecule has 0 heterocycles. The lowest BCUT2D eigenvalue weighted by molar-refractivity contribution is 0.718. The molecule has 0 aromatic carbocycles. The highest BCUT2D eigenvalue weighted by atomic mass is 33.1. The minimum Gasteiger partial charge on any atom is -0.320 e. The van der Waals surface area contributed by atoms with Gasteiger partial charge in [0.05, 0.1) is 0 Å². The minimum absolute atomic E-state index is 1.02. The zero-order valence-electron chi connectivity index (χ0n) is 4.98. The SMILES string of the molecule is CNCCCNSS. The summed E-state index contributed by atoms with van der Waals surface area (Å²) in [7, 11) is 3.32. The Morgan fingerprint density at radius 3 is 2.75 bits per heavy atom. The number of nitrogens with one attached hydrogen (secondary N) is 2. The molecule has 0 aliphatic carbocycles. The van der Waals surface area contributed by atoms with Gasteiger partial charge in [-0.25, -0.2) is 0 Å². The van der Waals surface area contributed by atoms with Gasteiger partial charge >= 0.3 is 0 Å². The molecule has 2 nitrogen and oxygen atoms in total. The number of hydrogen-bond donors (Lipinski definition) is 3. The van der Waals surface area contributed by atoms with Gasteiger partial charge in [0.25, 0.3) is 0 Å².